The zero-order valence-electron chi connectivity index (χ0n) is 18.4. The Bertz CT molecular complexity index is 946. The normalized spacial score (nSPS) is 10.7. The molecule has 0 saturated heterocycles. The number of hydrogen-bond acceptors (Lipinski definition) is 6. The molecular weight excluding hydrogens is 424 g/mol. The Balaban J connectivity index is 1.63. The number of hydrogen-bond donors (Lipinski definition) is 4. The Morgan fingerprint density at radius 1 is 0.667 bits per heavy atom. The highest BCUT2D eigenvalue weighted by Crippen LogP contribution is 2.08. The van der Waals surface area contributed by atoms with Crippen molar-refractivity contribution >= 4 is 47.4 Å². The first kappa shape index (κ1) is 24.9. The molecule has 0 atom stereocenters. The van der Waals surface area contributed by atoms with Crippen LogP contribution in [0.5, 0.6) is 0 Å². The fraction of sp³-hybridized carbons (Fsp3) is 0.217. The average molecular weight is 450 g/mol. The van der Waals surface area contributed by atoms with Crippen LogP contribution in [0, 0.1) is 0 Å². The molecule has 0 aliphatic rings. The summed E-state index contributed by atoms with van der Waals surface area (Å²) in [6, 6.07) is 13.9. The number of carbonyl (C=O) groups is 4. The minimum atomic E-state index is -0.309. The van der Waals surface area contributed by atoms with Gasteiger partial charge in [-0.3, -0.25) is 19.2 Å². The molecule has 0 saturated carbocycles. The second-order valence-electron chi connectivity index (χ2n) is 7.05. The molecule has 0 heterocycles. The highest BCUT2D eigenvalue weighted by atomic mass is 16.2. The van der Waals surface area contributed by atoms with Crippen LogP contribution < -0.4 is 21.5 Å². The molecule has 0 fully saturated rings. The van der Waals surface area contributed by atoms with Crippen LogP contribution in [0.4, 0.5) is 11.4 Å². The lowest BCUT2D eigenvalue weighted by molar-refractivity contribution is -0.122. The first-order chi connectivity index (χ1) is 15.8. The molecule has 2 rings (SSSR count). The van der Waals surface area contributed by atoms with Crippen LogP contribution in [-0.4, -0.2) is 36.1 Å². The van der Waals surface area contributed by atoms with E-state index in [2.05, 4.69) is 31.7 Å². The van der Waals surface area contributed by atoms with Crippen LogP contribution in [0.25, 0.3) is 0 Å². The Kier molecular flexibility index (Phi) is 9.94. The SMILES string of the molecule is CC(=O)Nc1ccc(/C=N\NC(=O)CCCC(=O)N/N=C\c2ccc(NC(C)=O)cc2)cc1. The van der Waals surface area contributed by atoms with Crippen molar-refractivity contribution in [3.05, 3.63) is 59.7 Å². The second kappa shape index (κ2) is 13.2. The molecule has 33 heavy (non-hydrogen) atoms. The molecule has 2 aromatic carbocycles. The highest BCUT2D eigenvalue weighted by Gasteiger charge is 2.04. The molecule has 2 aromatic rings. The average Bonchev–Trinajstić information content (AvgIpc) is 2.75. The van der Waals surface area contributed by atoms with Gasteiger partial charge in [-0.05, 0) is 41.8 Å². The predicted molar refractivity (Wildman–Crippen MR) is 127 cm³/mol. The molecule has 0 aliphatic carbocycles. The summed E-state index contributed by atoms with van der Waals surface area (Å²) in [4.78, 5) is 45.6. The molecule has 0 aromatic heterocycles. The molecule has 0 aliphatic heterocycles. The summed E-state index contributed by atoms with van der Waals surface area (Å²) in [5.74, 6) is -0.925. The van der Waals surface area contributed by atoms with Gasteiger partial charge in [0.2, 0.25) is 23.6 Å². The van der Waals surface area contributed by atoms with Gasteiger partial charge in [0.1, 0.15) is 0 Å². The Hall–Kier alpha value is -4.34. The van der Waals surface area contributed by atoms with Crippen molar-refractivity contribution in [1.82, 2.24) is 10.9 Å². The van der Waals surface area contributed by atoms with Gasteiger partial charge in [-0.25, -0.2) is 10.9 Å². The highest BCUT2D eigenvalue weighted by molar-refractivity contribution is 5.90. The third kappa shape index (κ3) is 10.5. The number of benzene rings is 2. The van der Waals surface area contributed by atoms with Crippen molar-refractivity contribution in [3.63, 3.8) is 0 Å². The van der Waals surface area contributed by atoms with Crippen molar-refractivity contribution in [2.75, 3.05) is 10.6 Å². The van der Waals surface area contributed by atoms with Gasteiger partial charge in [0.15, 0.2) is 0 Å². The van der Waals surface area contributed by atoms with E-state index in [1.165, 1.54) is 26.3 Å². The molecule has 0 bridgehead atoms. The maximum Gasteiger partial charge on any atom is 0.240 e. The number of amides is 4. The van der Waals surface area contributed by atoms with Gasteiger partial charge in [0, 0.05) is 38.1 Å². The zero-order chi connectivity index (χ0) is 24.1. The second-order valence-corrected chi connectivity index (χ2v) is 7.05. The van der Waals surface area contributed by atoms with Crippen molar-refractivity contribution in [3.8, 4) is 0 Å². The summed E-state index contributed by atoms with van der Waals surface area (Å²) in [5, 5.41) is 13.1. The quantitative estimate of drug-likeness (QED) is 0.326. The van der Waals surface area contributed by atoms with Crippen LogP contribution in [-0.2, 0) is 19.2 Å². The van der Waals surface area contributed by atoms with Crippen LogP contribution in [0.1, 0.15) is 44.2 Å². The Labute approximate surface area is 191 Å². The maximum atomic E-state index is 11.8. The summed E-state index contributed by atoms with van der Waals surface area (Å²) in [6.07, 6.45) is 3.60. The number of hydrazone groups is 2. The van der Waals surface area contributed by atoms with Gasteiger partial charge in [0.05, 0.1) is 12.4 Å². The van der Waals surface area contributed by atoms with E-state index in [0.717, 1.165) is 11.1 Å². The monoisotopic (exact) mass is 450 g/mol. The van der Waals surface area contributed by atoms with Crippen LogP contribution in [0.15, 0.2) is 58.7 Å². The van der Waals surface area contributed by atoms with Gasteiger partial charge in [-0.15, -0.1) is 0 Å². The predicted octanol–water partition coefficient (Wildman–Crippen LogP) is 2.37. The smallest absolute Gasteiger partial charge is 0.240 e. The lowest BCUT2D eigenvalue weighted by Crippen LogP contribution is -2.20. The lowest BCUT2D eigenvalue weighted by atomic mass is 10.2. The molecule has 10 heteroatoms. The van der Waals surface area contributed by atoms with E-state index in [-0.39, 0.29) is 36.5 Å². The van der Waals surface area contributed by atoms with Crippen molar-refractivity contribution in [1.29, 1.82) is 0 Å². The number of anilines is 2. The molecule has 4 amide bonds. The number of nitrogens with zero attached hydrogens (tertiary/aromatic N) is 2. The van der Waals surface area contributed by atoms with E-state index in [0.29, 0.717) is 17.8 Å². The Morgan fingerprint density at radius 3 is 1.36 bits per heavy atom. The summed E-state index contributed by atoms with van der Waals surface area (Å²) in [6.45, 7) is 2.86. The van der Waals surface area contributed by atoms with E-state index < -0.39 is 0 Å². The van der Waals surface area contributed by atoms with Gasteiger partial charge < -0.3 is 10.6 Å². The minimum absolute atomic E-state index is 0.139. The van der Waals surface area contributed by atoms with E-state index in [1.807, 2.05) is 0 Å². The molecular formula is C23H26N6O4. The number of rotatable bonds is 10. The number of carbonyl (C=O) groups excluding carboxylic acids is 4. The van der Waals surface area contributed by atoms with Gasteiger partial charge in [-0.2, -0.15) is 10.2 Å². The molecule has 0 unspecified atom stereocenters. The van der Waals surface area contributed by atoms with Crippen LogP contribution in [0.2, 0.25) is 0 Å². The fourth-order valence-corrected chi connectivity index (χ4v) is 2.59. The lowest BCUT2D eigenvalue weighted by Gasteiger charge is -2.02. The van der Waals surface area contributed by atoms with Crippen LogP contribution in [0.3, 0.4) is 0 Å². The van der Waals surface area contributed by atoms with Crippen LogP contribution >= 0.6 is 0 Å². The fourth-order valence-electron chi connectivity index (χ4n) is 2.59. The standard InChI is InChI=1S/C23H26N6O4/c1-16(30)26-20-10-6-18(7-11-20)14-24-28-22(32)4-3-5-23(33)29-25-15-19-8-12-21(13-9-19)27-17(2)31/h6-15H,3-5H2,1-2H3,(H,26,30)(H,27,31)(H,28,32)(H,29,33)/b24-14-,25-15-. The van der Waals surface area contributed by atoms with Crippen molar-refractivity contribution in [2.45, 2.75) is 33.1 Å². The van der Waals surface area contributed by atoms with E-state index in [9.17, 15) is 19.2 Å². The first-order valence-corrected chi connectivity index (χ1v) is 10.2. The minimum Gasteiger partial charge on any atom is -0.326 e. The summed E-state index contributed by atoms with van der Waals surface area (Å²) >= 11 is 0. The zero-order valence-corrected chi connectivity index (χ0v) is 18.4. The van der Waals surface area contributed by atoms with E-state index >= 15 is 0 Å². The number of nitrogens with one attached hydrogen (secondary N) is 4. The molecule has 10 nitrogen and oxygen atoms in total. The third-order valence-corrected chi connectivity index (χ3v) is 4.08. The van der Waals surface area contributed by atoms with Crippen molar-refractivity contribution in [2.24, 2.45) is 10.2 Å². The molecule has 0 radical (unpaired) electrons. The molecule has 172 valence electrons. The summed E-state index contributed by atoms with van der Waals surface area (Å²) < 4.78 is 0. The topological polar surface area (TPSA) is 141 Å². The summed E-state index contributed by atoms with van der Waals surface area (Å²) in [7, 11) is 0. The Morgan fingerprint density at radius 2 is 1.03 bits per heavy atom. The maximum absolute atomic E-state index is 11.8. The van der Waals surface area contributed by atoms with Gasteiger partial charge in [-0.1, -0.05) is 24.3 Å². The van der Waals surface area contributed by atoms with E-state index in [4.69, 9.17) is 0 Å². The first-order valence-electron chi connectivity index (χ1n) is 10.2. The summed E-state index contributed by atoms with van der Waals surface area (Å²) in [5.41, 5.74) is 7.67. The van der Waals surface area contributed by atoms with E-state index in [1.54, 1.807) is 48.5 Å². The van der Waals surface area contributed by atoms with Crippen molar-refractivity contribution < 1.29 is 19.2 Å². The van der Waals surface area contributed by atoms with Gasteiger partial charge >= 0.3 is 0 Å². The molecule has 0 spiro atoms. The van der Waals surface area contributed by atoms with Gasteiger partial charge in [0.25, 0.3) is 0 Å². The molecule has 4 N–H and O–H groups in total. The largest absolute Gasteiger partial charge is 0.326 e. The third-order valence-electron chi connectivity index (χ3n) is 4.08.